The van der Waals surface area contributed by atoms with Gasteiger partial charge in [0, 0.05) is 30.1 Å². The molecular weight excluding hydrogens is 380 g/mol. The molecule has 3 rings (SSSR count). The van der Waals surface area contributed by atoms with Crippen LogP contribution in [0.3, 0.4) is 0 Å². The second-order valence-corrected chi connectivity index (χ2v) is 8.92. The summed E-state index contributed by atoms with van der Waals surface area (Å²) in [5.41, 5.74) is 2.17. The van der Waals surface area contributed by atoms with Gasteiger partial charge in [-0.1, -0.05) is 13.0 Å². The molecule has 1 aromatic heterocycles. The first-order chi connectivity index (χ1) is 13.1. The van der Waals surface area contributed by atoms with E-state index in [1.54, 1.807) is 32.2 Å². The Morgan fingerprint density at radius 3 is 2.75 bits per heavy atom. The fourth-order valence-corrected chi connectivity index (χ4v) is 4.58. The molecule has 0 bridgehead atoms. The highest BCUT2D eigenvalue weighted by atomic mass is 32.2. The standard InChI is InChI=1S/C19H22N4O4S/c1-11-5-6-15(8-16(11)24)21-17(25)10-23(4)28(26,27)19-13(3)12(2)7-14-9-20-22-18(14)19/h5-9,11H,10H2,1-4H3,(H,20,22)(H,21,25). The van der Waals surface area contributed by atoms with Gasteiger partial charge in [-0.15, -0.1) is 0 Å². The molecule has 1 heterocycles. The van der Waals surface area contributed by atoms with Crippen LogP contribution in [0, 0.1) is 19.8 Å². The minimum atomic E-state index is -3.95. The number of carbonyl (C=O) groups is 2. The first kappa shape index (κ1) is 20.0. The molecule has 9 heteroatoms. The molecule has 0 fully saturated rings. The second kappa shape index (κ2) is 7.33. The molecule has 8 nitrogen and oxygen atoms in total. The fourth-order valence-electron chi connectivity index (χ4n) is 3.01. The average Bonchev–Trinajstić information content (AvgIpc) is 3.06. The number of H-pyrrole nitrogens is 1. The number of benzene rings is 1. The van der Waals surface area contributed by atoms with Crippen LogP contribution in [-0.2, 0) is 19.6 Å². The lowest BCUT2D eigenvalue weighted by atomic mass is 10.0. The van der Waals surface area contributed by atoms with Crippen LogP contribution in [-0.4, -0.2) is 48.2 Å². The van der Waals surface area contributed by atoms with Crippen LogP contribution in [0.15, 0.2) is 41.1 Å². The smallest absolute Gasteiger partial charge is 0.245 e. The Kier molecular flexibility index (Phi) is 5.22. The number of nitrogens with zero attached hydrogens (tertiary/aromatic N) is 2. The number of nitrogens with one attached hydrogen (secondary N) is 2. The van der Waals surface area contributed by atoms with Crippen molar-refractivity contribution in [3.8, 4) is 0 Å². The molecule has 2 N–H and O–H groups in total. The SMILES string of the molecule is Cc1cc2cn[nH]c2c(S(=O)(=O)N(C)CC(=O)NC2=CC(=O)C(C)C=C2)c1C. The molecule has 148 valence electrons. The minimum Gasteiger partial charge on any atom is -0.325 e. The number of hydrogen-bond donors (Lipinski definition) is 2. The average molecular weight is 402 g/mol. The fraction of sp³-hybridized carbons (Fsp3) is 0.316. The van der Waals surface area contributed by atoms with Crippen molar-refractivity contribution in [2.45, 2.75) is 25.7 Å². The largest absolute Gasteiger partial charge is 0.325 e. The summed E-state index contributed by atoms with van der Waals surface area (Å²) in [6.07, 6.45) is 6.23. The zero-order valence-corrected chi connectivity index (χ0v) is 16.9. The summed E-state index contributed by atoms with van der Waals surface area (Å²) in [5, 5.41) is 9.92. The Morgan fingerprint density at radius 1 is 1.36 bits per heavy atom. The number of hydrogen-bond acceptors (Lipinski definition) is 5. The summed E-state index contributed by atoms with van der Waals surface area (Å²) in [6, 6.07) is 1.86. The molecule has 0 spiro atoms. The van der Waals surface area contributed by atoms with Crippen LogP contribution in [0.1, 0.15) is 18.1 Å². The highest BCUT2D eigenvalue weighted by Gasteiger charge is 2.28. The van der Waals surface area contributed by atoms with Crippen molar-refractivity contribution in [1.29, 1.82) is 0 Å². The highest BCUT2D eigenvalue weighted by Crippen LogP contribution is 2.29. The summed E-state index contributed by atoms with van der Waals surface area (Å²) < 4.78 is 27.3. The maximum absolute atomic E-state index is 13.2. The first-order valence-electron chi connectivity index (χ1n) is 8.74. The Hall–Kier alpha value is -2.78. The van der Waals surface area contributed by atoms with Crippen LogP contribution in [0.2, 0.25) is 0 Å². The third-order valence-corrected chi connectivity index (χ3v) is 6.81. The topological polar surface area (TPSA) is 112 Å². The molecule has 28 heavy (non-hydrogen) atoms. The van der Waals surface area contributed by atoms with Gasteiger partial charge in [0.1, 0.15) is 4.90 Å². The number of rotatable bonds is 5. The van der Waals surface area contributed by atoms with Crippen molar-refractivity contribution >= 4 is 32.6 Å². The lowest BCUT2D eigenvalue weighted by Gasteiger charge is -2.20. The summed E-state index contributed by atoms with van der Waals surface area (Å²) in [4.78, 5) is 24.2. The number of carbonyl (C=O) groups excluding carboxylic acids is 2. The normalized spacial score (nSPS) is 17.2. The third-order valence-electron chi connectivity index (χ3n) is 4.83. The maximum Gasteiger partial charge on any atom is 0.245 e. The van der Waals surface area contributed by atoms with Crippen molar-refractivity contribution in [3.05, 3.63) is 47.3 Å². The molecule has 0 saturated carbocycles. The van der Waals surface area contributed by atoms with Crippen LogP contribution in [0.4, 0.5) is 0 Å². The number of fused-ring (bicyclic) bond motifs is 1. The quantitative estimate of drug-likeness (QED) is 0.788. The van der Waals surface area contributed by atoms with Crippen molar-refractivity contribution in [2.24, 2.45) is 5.92 Å². The van der Waals surface area contributed by atoms with Gasteiger partial charge in [0.05, 0.1) is 18.3 Å². The highest BCUT2D eigenvalue weighted by molar-refractivity contribution is 7.89. The Balaban J connectivity index is 1.84. The van der Waals surface area contributed by atoms with Crippen molar-refractivity contribution in [3.63, 3.8) is 0 Å². The minimum absolute atomic E-state index is 0.107. The number of allylic oxidation sites excluding steroid dienone is 3. The van der Waals surface area contributed by atoms with Gasteiger partial charge in [-0.05, 0) is 37.1 Å². The van der Waals surface area contributed by atoms with E-state index in [1.165, 1.54) is 13.1 Å². The summed E-state index contributed by atoms with van der Waals surface area (Å²) in [5.74, 6) is -0.879. The zero-order chi connectivity index (χ0) is 20.6. The predicted octanol–water partition coefficient (Wildman–Crippen LogP) is 1.58. The molecule has 1 aromatic carbocycles. The lowest BCUT2D eigenvalue weighted by molar-refractivity contribution is -0.120. The molecule has 1 unspecified atom stereocenters. The Bertz CT molecular complexity index is 1130. The van der Waals surface area contributed by atoms with E-state index in [0.717, 1.165) is 9.87 Å². The van der Waals surface area contributed by atoms with Gasteiger partial charge in [-0.25, -0.2) is 8.42 Å². The number of likely N-dealkylation sites (N-methyl/N-ethyl adjacent to an activating group) is 1. The maximum atomic E-state index is 13.2. The van der Waals surface area contributed by atoms with E-state index in [9.17, 15) is 18.0 Å². The number of aryl methyl sites for hydroxylation is 1. The van der Waals surface area contributed by atoms with Crippen LogP contribution in [0.5, 0.6) is 0 Å². The zero-order valence-electron chi connectivity index (χ0n) is 16.1. The van der Waals surface area contributed by atoms with Crippen molar-refractivity contribution in [1.82, 2.24) is 19.8 Å². The van der Waals surface area contributed by atoms with Gasteiger partial charge in [-0.2, -0.15) is 9.40 Å². The monoisotopic (exact) mass is 402 g/mol. The number of ketones is 1. The summed E-state index contributed by atoms with van der Waals surface area (Å²) in [7, 11) is -2.60. The summed E-state index contributed by atoms with van der Waals surface area (Å²) >= 11 is 0. The molecule has 0 aliphatic heterocycles. The third kappa shape index (κ3) is 3.63. The summed E-state index contributed by atoms with van der Waals surface area (Å²) in [6.45, 7) is 4.92. The molecule has 1 aliphatic rings. The number of aromatic nitrogens is 2. The van der Waals surface area contributed by atoms with Crippen molar-refractivity contribution in [2.75, 3.05) is 13.6 Å². The Morgan fingerprint density at radius 2 is 2.07 bits per heavy atom. The number of aromatic amines is 1. The van der Waals surface area contributed by atoms with Gasteiger partial charge in [0.15, 0.2) is 5.78 Å². The first-order valence-corrected chi connectivity index (χ1v) is 10.2. The van der Waals surface area contributed by atoms with Crippen molar-refractivity contribution < 1.29 is 18.0 Å². The molecular formula is C19H22N4O4S. The van der Waals surface area contributed by atoms with Gasteiger partial charge in [0.25, 0.3) is 0 Å². The Labute approximate surface area is 163 Å². The van der Waals surface area contributed by atoms with E-state index in [1.807, 2.05) is 13.0 Å². The van der Waals surface area contributed by atoms with E-state index in [0.29, 0.717) is 22.2 Å². The van der Waals surface area contributed by atoms with Crippen LogP contribution in [0.25, 0.3) is 10.9 Å². The van der Waals surface area contributed by atoms with Gasteiger partial charge in [0.2, 0.25) is 15.9 Å². The van der Waals surface area contributed by atoms with E-state index >= 15 is 0 Å². The number of amides is 1. The molecule has 1 amide bonds. The van der Waals surface area contributed by atoms with Gasteiger partial charge in [-0.3, -0.25) is 14.7 Å². The molecule has 0 radical (unpaired) electrons. The molecule has 2 aromatic rings. The molecule has 0 saturated heterocycles. The van der Waals surface area contributed by atoms with Gasteiger partial charge >= 0.3 is 0 Å². The van der Waals surface area contributed by atoms with Crippen LogP contribution >= 0.6 is 0 Å². The molecule has 1 aliphatic carbocycles. The number of sulfonamides is 1. The lowest BCUT2D eigenvalue weighted by Crippen LogP contribution is -2.38. The van der Waals surface area contributed by atoms with Gasteiger partial charge < -0.3 is 5.32 Å². The van der Waals surface area contributed by atoms with E-state index in [2.05, 4.69) is 15.5 Å². The van der Waals surface area contributed by atoms with E-state index in [4.69, 9.17) is 0 Å². The van der Waals surface area contributed by atoms with E-state index < -0.39 is 15.9 Å². The predicted molar refractivity (Wildman–Crippen MR) is 105 cm³/mol. The van der Waals surface area contributed by atoms with Crippen LogP contribution < -0.4 is 5.32 Å². The molecule has 1 atom stereocenters. The second-order valence-electron chi connectivity index (χ2n) is 6.94. The van der Waals surface area contributed by atoms with E-state index in [-0.39, 0.29) is 23.1 Å².